The average molecular weight is 884 g/mol. The number of carbonyl (C=O) groups excluding carboxylic acids is 2. The normalized spacial score (nSPS) is 49.5. The van der Waals surface area contributed by atoms with Crippen molar-refractivity contribution < 1.29 is 19.1 Å². The lowest BCUT2D eigenvalue weighted by Gasteiger charge is -2.73. The van der Waals surface area contributed by atoms with E-state index in [4.69, 9.17) is 9.47 Å². The zero-order chi connectivity index (χ0) is 46.0. The van der Waals surface area contributed by atoms with Crippen LogP contribution in [0.15, 0.2) is 11.6 Å². The third kappa shape index (κ3) is 6.95. The van der Waals surface area contributed by atoms with Crippen LogP contribution in [0.3, 0.4) is 0 Å². The molecule has 0 aliphatic heterocycles. The maximum atomic E-state index is 15.4. The Morgan fingerprint density at radius 1 is 0.703 bits per heavy atom. The van der Waals surface area contributed by atoms with Crippen molar-refractivity contribution in [2.45, 2.75) is 230 Å². The predicted octanol–water partition coefficient (Wildman–Crippen LogP) is 15.4. The first-order valence-corrected chi connectivity index (χ1v) is 27.9. The summed E-state index contributed by atoms with van der Waals surface area (Å²) in [6.45, 7) is 30.6. The van der Waals surface area contributed by atoms with Crippen LogP contribution in [-0.4, -0.2) is 31.3 Å². The minimum Gasteiger partial charge on any atom is -0.462 e. The van der Waals surface area contributed by atoms with Crippen molar-refractivity contribution in [1.82, 2.24) is 5.32 Å². The Kier molecular flexibility index (Phi) is 12.3. The molecule has 3 unspecified atom stereocenters. The van der Waals surface area contributed by atoms with Gasteiger partial charge in [-0.05, 0) is 213 Å². The van der Waals surface area contributed by atoms with E-state index in [0.717, 1.165) is 74.0 Å². The number of allylic oxidation sites excluding steroid dienone is 1. The Hall–Kier alpha value is -1.52. The van der Waals surface area contributed by atoms with Gasteiger partial charge in [-0.1, -0.05) is 114 Å². The third-order valence-electron chi connectivity index (χ3n) is 24.8. The number of hydrogen-bond donors (Lipinski definition) is 1. The molecule has 0 radical (unpaired) electrons. The molecule has 1 N–H and O–H groups in total. The van der Waals surface area contributed by atoms with E-state index in [1.165, 1.54) is 103 Å². The number of esters is 1. The van der Waals surface area contributed by atoms with E-state index >= 15 is 4.79 Å². The fraction of sp³-hybridized carbons (Fsp3) is 0.932. The lowest BCUT2D eigenvalue weighted by molar-refractivity contribution is -0.243. The minimum atomic E-state index is -0.325. The van der Waals surface area contributed by atoms with Gasteiger partial charge in [-0.2, -0.15) is 0 Å². The fourth-order valence-corrected chi connectivity index (χ4v) is 21.2. The summed E-state index contributed by atoms with van der Waals surface area (Å²) in [6, 6.07) is 0.145. The first-order valence-electron chi connectivity index (χ1n) is 27.9. The van der Waals surface area contributed by atoms with Gasteiger partial charge in [0, 0.05) is 12.5 Å². The summed E-state index contributed by atoms with van der Waals surface area (Å²) in [5, 5.41) is 3.27. The van der Waals surface area contributed by atoms with E-state index in [9.17, 15) is 4.79 Å². The smallest absolute Gasteiger partial charge is 0.407 e. The van der Waals surface area contributed by atoms with Gasteiger partial charge in [-0.15, -0.1) is 0 Å². The summed E-state index contributed by atoms with van der Waals surface area (Å²) in [7, 11) is 1.49. The molecular weight excluding hydrogens is 787 g/mol. The average Bonchev–Trinajstić information content (AvgIpc) is 3.81. The highest BCUT2D eigenvalue weighted by atomic mass is 16.5. The summed E-state index contributed by atoms with van der Waals surface area (Å²) >= 11 is 0. The second-order valence-corrected chi connectivity index (χ2v) is 27.9. The van der Waals surface area contributed by atoms with E-state index in [-0.39, 0.29) is 56.7 Å². The Morgan fingerprint density at radius 2 is 1.44 bits per heavy atom. The maximum Gasteiger partial charge on any atom is 0.407 e. The molecule has 18 atom stereocenters. The van der Waals surface area contributed by atoms with Crippen LogP contribution in [0, 0.1) is 109 Å². The number of rotatable bonds is 9. The standard InChI is InChI=1S/C59H97NO4/c1-36(2)15-14-16-38(5)43-19-20-44-42-18-17-39-35-40(23-28-54(39,8)45(42)25-29-55(43,44)9)64-51(61)59-32-24-41(37(3)4)50(59)46-21-22-48-56(10)30-27-49(60-52(62)63-13)53(6,7)47(56)26-31-58(48,12)57(46,11)33-34-59/h17,36-38,40-50H,14-16,18-35H2,1-13H3,(H,60,62)/t38-,40-,41+,42+,43-,44+,45+,46-,47?,48-,49?,50?,54+,55-,56+,57-,58-,59+/m1/s1. The number of amides is 1. The van der Waals surface area contributed by atoms with Gasteiger partial charge in [0.1, 0.15) is 6.10 Å². The van der Waals surface area contributed by atoms with Crippen LogP contribution in [0.5, 0.6) is 0 Å². The van der Waals surface area contributed by atoms with Crippen molar-refractivity contribution >= 4 is 12.1 Å². The van der Waals surface area contributed by atoms with Gasteiger partial charge in [-0.3, -0.25) is 4.79 Å². The summed E-state index contributed by atoms with van der Waals surface area (Å²) in [5.74, 6) is 8.68. The van der Waals surface area contributed by atoms with Gasteiger partial charge < -0.3 is 14.8 Å². The van der Waals surface area contributed by atoms with Crippen LogP contribution >= 0.6 is 0 Å². The van der Waals surface area contributed by atoms with Crippen molar-refractivity contribution in [3.63, 3.8) is 0 Å². The molecule has 9 rings (SSSR count). The van der Waals surface area contributed by atoms with Gasteiger partial charge in [0.2, 0.25) is 0 Å². The number of methoxy groups -OCH3 is 1. The molecule has 64 heavy (non-hydrogen) atoms. The SMILES string of the molecule is COC(=O)NC1CC[C@@]2(C)C(CC[C@]3(C)[C@@H]2CC[C@@H]2C4[C@H](C(C)C)CC[C@]4(C(=O)O[C@@H]4CC[C@@]5(C)C(=CC[C@H]6[C@@H]7CC[C@H]([C@H](C)CCCC(C)C)[C@@]7(C)CC[C@@H]65)C4)CC[C@]23C)C1(C)C. The molecule has 9 aliphatic rings. The molecule has 1 amide bonds. The fourth-order valence-electron chi connectivity index (χ4n) is 21.2. The van der Waals surface area contributed by atoms with E-state index < -0.39 is 0 Å². The minimum absolute atomic E-state index is 0.00844. The van der Waals surface area contributed by atoms with Crippen molar-refractivity contribution in [2.24, 2.45) is 109 Å². The molecule has 0 aromatic carbocycles. The van der Waals surface area contributed by atoms with Crippen molar-refractivity contribution in [3.05, 3.63) is 11.6 Å². The summed E-state index contributed by atoms with van der Waals surface area (Å²) in [4.78, 5) is 27.8. The molecule has 0 spiro atoms. The van der Waals surface area contributed by atoms with E-state index in [1.54, 1.807) is 5.57 Å². The molecule has 0 aromatic rings. The molecule has 8 fully saturated rings. The summed E-state index contributed by atoms with van der Waals surface area (Å²) in [6.07, 6.45) is 28.4. The molecule has 5 heteroatoms. The topological polar surface area (TPSA) is 64.6 Å². The highest BCUT2D eigenvalue weighted by Crippen LogP contribution is 2.78. The van der Waals surface area contributed by atoms with Gasteiger partial charge in [0.25, 0.3) is 0 Å². The Labute approximate surface area is 392 Å². The van der Waals surface area contributed by atoms with Crippen molar-refractivity contribution in [3.8, 4) is 0 Å². The highest BCUT2D eigenvalue weighted by molar-refractivity contribution is 5.78. The van der Waals surface area contributed by atoms with Crippen LogP contribution in [0.25, 0.3) is 0 Å². The number of ether oxygens (including phenoxy) is 2. The van der Waals surface area contributed by atoms with E-state index in [0.29, 0.717) is 40.9 Å². The molecule has 8 saturated carbocycles. The van der Waals surface area contributed by atoms with Crippen LogP contribution in [0.4, 0.5) is 4.79 Å². The number of carbonyl (C=O) groups is 2. The first-order chi connectivity index (χ1) is 30.1. The summed E-state index contributed by atoms with van der Waals surface area (Å²) < 4.78 is 12.1. The predicted molar refractivity (Wildman–Crippen MR) is 261 cm³/mol. The van der Waals surface area contributed by atoms with Gasteiger partial charge >= 0.3 is 12.1 Å². The first kappa shape index (κ1) is 47.5. The lowest BCUT2D eigenvalue weighted by Crippen LogP contribution is -2.68. The second-order valence-electron chi connectivity index (χ2n) is 27.9. The monoisotopic (exact) mass is 884 g/mol. The van der Waals surface area contributed by atoms with Crippen LogP contribution < -0.4 is 5.32 Å². The van der Waals surface area contributed by atoms with Gasteiger partial charge in [0.05, 0.1) is 12.5 Å². The number of alkyl carbamates (subject to hydrolysis) is 1. The number of hydrogen-bond acceptors (Lipinski definition) is 4. The number of nitrogens with one attached hydrogen (secondary N) is 1. The van der Waals surface area contributed by atoms with Gasteiger partial charge in [0.15, 0.2) is 0 Å². The summed E-state index contributed by atoms with van der Waals surface area (Å²) in [5.41, 5.74) is 2.81. The second kappa shape index (κ2) is 16.6. The molecule has 9 aliphatic carbocycles. The van der Waals surface area contributed by atoms with E-state index in [1.807, 2.05) is 0 Å². The molecule has 0 bridgehead atoms. The molecule has 0 aromatic heterocycles. The lowest BCUT2D eigenvalue weighted by atomic mass is 9.32. The van der Waals surface area contributed by atoms with Gasteiger partial charge in [-0.25, -0.2) is 4.79 Å². The van der Waals surface area contributed by atoms with Crippen molar-refractivity contribution in [2.75, 3.05) is 7.11 Å². The molecular formula is C59H97NO4. The zero-order valence-electron chi connectivity index (χ0n) is 43.6. The Balaban J connectivity index is 0.904. The highest BCUT2D eigenvalue weighted by Gasteiger charge is 2.72. The Bertz CT molecular complexity index is 1800. The van der Waals surface area contributed by atoms with Crippen LogP contribution in [0.1, 0.15) is 218 Å². The molecule has 5 nitrogen and oxygen atoms in total. The Morgan fingerprint density at radius 3 is 2.16 bits per heavy atom. The molecule has 0 heterocycles. The van der Waals surface area contributed by atoms with Crippen molar-refractivity contribution in [1.29, 1.82) is 0 Å². The quantitative estimate of drug-likeness (QED) is 0.185. The molecule has 0 saturated heterocycles. The largest absolute Gasteiger partial charge is 0.462 e. The zero-order valence-corrected chi connectivity index (χ0v) is 43.6. The van der Waals surface area contributed by atoms with Crippen LogP contribution in [0.2, 0.25) is 0 Å². The van der Waals surface area contributed by atoms with E-state index in [2.05, 4.69) is 94.5 Å². The number of fused-ring (bicyclic) bond motifs is 12. The maximum absolute atomic E-state index is 15.4. The third-order valence-corrected chi connectivity index (χ3v) is 24.8. The molecule has 362 valence electrons. The van der Waals surface area contributed by atoms with Crippen LogP contribution in [-0.2, 0) is 14.3 Å².